The van der Waals surface area contributed by atoms with E-state index in [0.717, 1.165) is 82.8 Å². The van der Waals surface area contributed by atoms with Crippen LogP contribution in [0.4, 0.5) is 11.4 Å². The molecule has 220 valence electrons. The first-order valence-corrected chi connectivity index (χ1v) is 15.7. The smallest absolute Gasteiger partial charge is 0.188 e. The molecule has 7 heteroatoms. The molecule has 1 heterocycles. The van der Waals surface area contributed by atoms with E-state index in [1.54, 1.807) is 6.08 Å². The Morgan fingerprint density at radius 1 is 0.814 bits per heavy atom. The number of carbonyl (C=O) groups is 1. The van der Waals surface area contributed by atoms with Crippen molar-refractivity contribution in [2.75, 3.05) is 50.1 Å². The zero-order valence-corrected chi connectivity index (χ0v) is 26.4. The van der Waals surface area contributed by atoms with Crippen molar-refractivity contribution in [2.45, 2.75) is 32.1 Å². The van der Waals surface area contributed by atoms with Crippen molar-refractivity contribution in [3.8, 4) is 16.9 Å². The monoisotopic (exact) mass is 590 g/mol. The maximum absolute atomic E-state index is 13.6. The van der Waals surface area contributed by atoms with Crippen LogP contribution in [0.5, 0.6) is 11.5 Å². The van der Waals surface area contributed by atoms with E-state index in [1.165, 1.54) is 17.3 Å². The number of hydrogen-bond acceptors (Lipinski definition) is 7. The summed E-state index contributed by atoms with van der Waals surface area (Å²) in [5, 5.41) is 11.0. The lowest BCUT2D eigenvalue weighted by molar-refractivity contribution is -0.111. The van der Waals surface area contributed by atoms with E-state index in [0.29, 0.717) is 5.57 Å². The first kappa shape index (κ1) is 30.1. The first-order chi connectivity index (χ1) is 20.9. The molecule has 6 nitrogen and oxygen atoms in total. The minimum Gasteiger partial charge on any atom is -0.456 e. The summed E-state index contributed by atoms with van der Waals surface area (Å²) in [6.45, 7) is 9.75. The number of fused-ring (bicyclic) bond motifs is 2. The van der Waals surface area contributed by atoms with Crippen LogP contribution in [0, 0.1) is 10.7 Å². The summed E-state index contributed by atoms with van der Waals surface area (Å²) < 4.78 is 6.58. The molecule has 0 bridgehead atoms. The molecule has 0 aromatic heterocycles. The molecular weight excluding hydrogens is 552 g/mol. The molecule has 3 aromatic rings. The van der Waals surface area contributed by atoms with Crippen molar-refractivity contribution >= 4 is 34.5 Å². The zero-order chi connectivity index (χ0) is 30.5. The van der Waals surface area contributed by atoms with Crippen LogP contribution in [0.2, 0.25) is 0 Å². The second-order valence-corrected chi connectivity index (χ2v) is 11.6. The molecular formula is C36H38N4O2S. The van der Waals surface area contributed by atoms with Gasteiger partial charge in [-0.25, -0.2) is 0 Å². The number of thioether (sulfide) groups is 1. The zero-order valence-electron chi connectivity index (χ0n) is 25.6. The highest BCUT2D eigenvalue weighted by Gasteiger charge is 2.29. The summed E-state index contributed by atoms with van der Waals surface area (Å²) in [6.07, 6.45) is 6.67. The minimum atomic E-state index is 0.00772. The Hall–Kier alpha value is -4.41. The number of nitrogens with zero attached hydrogens (tertiary/aromatic N) is 4. The van der Waals surface area contributed by atoms with Gasteiger partial charge in [0.2, 0.25) is 0 Å². The fourth-order valence-corrected chi connectivity index (χ4v) is 6.02. The van der Waals surface area contributed by atoms with Crippen molar-refractivity contribution in [2.24, 2.45) is 0 Å². The van der Waals surface area contributed by atoms with E-state index in [1.807, 2.05) is 38.4 Å². The molecule has 5 rings (SSSR count). The van der Waals surface area contributed by atoms with Gasteiger partial charge in [-0.3, -0.25) is 4.79 Å². The number of likely N-dealkylation sites (N-methyl/N-ethyl adjacent to an activating group) is 2. The van der Waals surface area contributed by atoms with Crippen LogP contribution in [0.25, 0.3) is 5.57 Å². The molecule has 0 atom stereocenters. The van der Waals surface area contributed by atoms with Crippen LogP contribution in [0.3, 0.4) is 0 Å². The quantitative estimate of drug-likeness (QED) is 0.107. The molecule has 2 aliphatic rings. The normalized spacial score (nSPS) is 15.2. The van der Waals surface area contributed by atoms with E-state index >= 15 is 0 Å². The van der Waals surface area contributed by atoms with Gasteiger partial charge in [-0.15, -0.1) is 0 Å². The third-order valence-corrected chi connectivity index (χ3v) is 8.67. The van der Waals surface area contributed by atoms with Crippen molar-refractivity contribution in [1.82, 2.24) is 4.90 Å². The maximum atomic E-state index is 13.6. The predicted octanol–water partition coefficient (Wildman–Crippen LogP) is 7.67. The highest BCUT2D eigenvalue weighted by Crippen LogP contribution is 2.48. The number of hydrogen-bond donors (Lipinski definition) is 0. The van der Waals surface area contributed by atoms with Gasteiger partial charge in [0, 0.05) is 103 Å². The summed E-state index contributed by atoms with van der Waals surface area (Å²) >= 11 is 1.18. The van der Waals surface area contributed by atoms with Crippen LogP contribution in [-0.4, -0.2) is 51.0 Å². The van der Waals surface area contributed by atoms with Gasteiger partial charge in [0.1, 0.15) is 16.9 Å². The summed E-state index contributed by atoms with van der Waals surface area (Å²) in [6, 6.07) is 20.7. The number of thiocyanates is 1. The molecule has 1 aliphatic heterocycles. The number of anilines is 2. The molecule has 1 aliphatic carbocycles. The number of rotatable bonds is 10. The van der Waals surface area contributed by atoms with Crippen molar-refractivity contribution < 1.29 is 9.53 Å². The largest absolute Gasteiger partial charge is 0.456 e. The Bertz CT molecular complexity index is 1640. The number of allylic oxidation sites excluding steroid dienone is 4. The van der Waals surface area contributed by atoms with Crippen LogP contribution >= 0.6 is 11.8 Å². The standard InChI is InChI=1S/C36H38N4O2S/c1-6-39(7-2)27-12-16-30(33(41)21-27)36-31-17-11-26(38(4)5)22-34(31)42-35-23-28(13-18-32(35)36)40(8-3)20-19-25-9-14-29(15-10-25)43-24-37/h9-18,21-23H,6-8,19-20H2,1-5H3. The topological polar surface area (TPSA) is 59.8 Å². The van der Waals surface area contributed by atoms with E-state index < -0.39 is 0 Å². The second-order valence-electron chi connectivity index (χ2n) is 10.8. The van der Waals surface area contributed by atoms with Crippen molar-refractivity contribution in [1.29, 1.82) is 5.26 Å². The molecule has 43 heavy (non-hydrogen) atoms. The first-order valence-electron chi connectivity index (χ1n) is 14.8. The van der Waals surface area contributed by atoms with Gasteiger partial charge in [0.25, 0.3) is 0 Å². The second kappa shape index (κ2) is 13.3. The Morgan fingerprint density at radius 2 is 1.44 bits per heavy atom. The van der Waals surface area contributed by atoms with Crippen LogP contribution in [-0.2, 0) is 11.2 Å². The minimum absolute atomic E-state index is 0.00772. The third-order valence-electron chi connectivity index (χ3n) is 8.07. The molecule has 0 unspecified atom stereocenters. The van der Waals surface area contributed by atoms with Gasteiger partial charge < -0.3 is 19.4 Å². The lowest BCUT2D eigenvalue weighted by Crippen LogP contribution is -2.25. The van der Waals surface area contributed by atoms with Gasteiger partial charge in [-0.2, -0.15) is 5.26 Å². The van der Waals surface area contributed by atoms with Gasteiger partial charge in [-0.1, -0.05) is 12.1 Å². The highest BCUT2D eigenvalue weighted by molar-refractivity contribution is 8.03. The molecule has 3 aromatic carbocycles. The van der Waals surface area contributed by atoms with Gasteiger partial charge >= 0.3 is 0 Å². The molecule has 0 saturated heterocycles. The average Bonchev–Trinajstić information content (AvgIpc) is 3.01. The van der Waals surface area contributed by atoms with Crippen molar-refractivity contribution in [3.63, 3.8) is 0 Å². The summed E-state index contributed by atoms with van der Waals surface area (Å²) in [5.41, 5.74) is 7.70. The average molecular weight is 591 g/mol. The maximum Gasteiger partial charge on any atom is 0.188 e. The molecule has 0 radical (unpaired) electrons. The number of ether oxygens (including phenoxy) is 1. The summed E-state index contributed by atoms with van der Waals surface area (Å²) in [7, 11) is 4.02. The highest BCUT2D eigenvalue weighted by atomic mass is 32.2. The molecule has 0 amide bonds. The molecule has 0 saturated carbocycles. The van der Waals surface area contributed by atoms with Crippen LogP contribution in [0.1, 0.15) is 37.5 Å². The van der Waals surface area contributed by atoms with E-state index in [-0.39, 0.29) is 5.78 Å². The fraction of sp³-hybridized carbons (Fsp3) is 0.278. The van der Waals surface area contributed by atoms with Crippen LogP contribution in [0.15, 0.2) is 95.1 Å². The third kappa shape index (κ3) is 6.35. The van der Waals surface area contributed by atoms with Crippen molar-refractivity contribution in [3.05, 3.63) is 107 Å². The summed E-state index contributed by atoms with van der Waals surface area (Å²) in [4.78, 5) is 21.2. The Morgan fingerprint density at radius 3 is 2.02 bits per heavy atom. The molecule has 0 fully saturated rings. The van der Waals surface area contributed by atoms with Gasteiger partial charge in [0.15, 0.2) is 5.78 Å². The number of nitriles is 1. The van der Waals surface area contributed by atoms with E-state index in [9.17, 15) is 4.79 Å². The Kier molecular flexibility index (Phi) is 9.27. The fourth-order valence-electron chi connectivity index (χ4n) is 5.65. The Labute approximate surface area is 259 Å². The van der Waals surface area contributed by atoms with Gasteiger partial charge in [-0.05, 0) is 93.1 Å². The Balaban J connectivity index is 1.51. The lowest BCUT2D eigenvalue weighted by Gasteiger charge is -2.29. The van der Waals surface area contributed by atoms with Gasteiger partial charge in [0.05, 0.1) is 0 Å². The predicted molar refractivity (Wildman–Crippen MR) is 178 cm³/mol. The molecule has 0 N–H and O–H groups in total. The number of benzene rings is 3. The molecule has 0 spiro atoms. The number of carbonyl (C=O) groups excluding carboxylic acids is 1. The lowest BCUT2D eigenvalue weighted by atomic mass is 9.86. The number of ketones is 1. The summed E-state index contributed by atoms with van der Waals surface area (Å²) in [5.74, 6) is 1.50. The SMILES string of the molecule is CCN(CC)C1=CC(=O)C(=C2c3ccc(N(C)C)cc3Oc3cc(N(CC)CCc4ccc(SC#N)cc4)ccc32)C=C1. The van der Waals surface area contributed by atoms with E-state index in [4.69, 9.17) is 10.00 Å². The van der Waals surface area contributed by atoms with E-state index in [2.05, 4.69) is 89.4 Å². The van der Waals surface area contributed by atoms with Crippen LogP contribution < -0.4 is 14.5 Å².